The number of ether oxygens (including phenoxy) is 1. The smallest absolute Gasteiger partial charge is 0.417 e. The van der Waals surface area contributed by atoms with Gasteiger partial charge in [0.2, 0.25) is 11.8 Å². The molecule has 45 heavy (non-hydrogen) atoms. The summed E-state index contributed by atoms with van der Waals surface area (Å²) in [5.41, 5.74) is 1.16. The molecule has 3 amide bonds. The lowest BCUT2D eigenvalue weighted by atomic mass is 10.2. The van der Waals surface area contributed by atoms with E-state index >= 15 is 0 Å². The van der Waals surface area contributed by atoms with E-state index in [-0.39, 0.29) is 56.2 Å². The van der Waals surface area contributed by atoms with E-state index in [0.29, 0.717) is 19.3 Å². The van der Waals surface area contributed by atoms with Crippen molar-refractivity contribution in [1.29, 1.82) is 0 Å². The molecule has 12 nitrogen and oxygen atoms in total. The first-order valence-corrected chi connectivity index (χ1v) is 16.5. The maximum absolute atomic E-state index is 12.2. The van der Waals surface area contributed by atoms with Crippen molar-refractivity contribution in [3.05, 3.63) is 59.7 Å². The van der Waals surface area contributed by atoms with Crippen molar-refractivity contribution < 1.29 is 44.3 Å². The van der Waals surface area contributed by atoms with Crippen LogP contribution in [0.3, 0.4) is 0 Å². The highest BCUT2D eigenvalue weighted by Gasteiger charge is 2.39. The van der Waals surface area contributed by atoms with Crippen LogP contribution in [0.5, 0.6) is 0 Å². The lowest BCUT2D eigenvalue weighted by molar-refractivity contribution is -0.128. The number of imide groups is 1. The van der Waals surface area contributed by atoms with Gasteiger partial charge in [0.25, 0.3) is 20.2 Å². The van der Waals surface area contributed by atoms with Gasteiger partial charge in [-0.1, -0.05) is 50.2 Å². The zero-order valence-electron chi connectivity index (χ0n) is 24.9. The summed E-state index contributed by atoms with van der Waals surface area (Å²) >= 11 is 0. The summed E-state index contributed by atoms with van der Waals surface area (Å²) in [4.78, 5) is 36.2. The van der Waals surface area contributed by atoms with Gasteiger partial charge in [0.05, 0.1) is 35.1 Å². The average molecular weight is 671 g/mol. The van der Waals surface area contributed by atoms with Crippen molar-refractivity contribution in [1.82, 2.24) is 10.2 Å². The van der Waals surface area contributed by atoms with Crippen LogP contribution in [0.1, 0.15) is 72.4 Å². The quantitative estimate of drug-likeness (QED) is 0.383. The summed E-state index contributed by atoms with van der Waals surface area (Å²) < 4.78 is 63.4. The third-order valence-electron chi connectivity index (χ3n) is 6.46. The van der Waals surface area contributed by atoms with Gasteiger partial charge in [-0.3, -0.25) is 18.0 Å². The highest BCUT2D eigenvalue weighted by Crippen LogP contribution is 2.24. The van der Waals surface area contributed by atoms with Gasteiger partial charge in [-0.05, 0) is 71.7 Å². The normalized spacial score (nSPS) is 18.2. The highest BCUT2D eigenvalue weighted by atomic mass is 32.2. The molecular weight excluding hydrogens is 624 g/mol. The molecule has 0 saturated carbocycles. The van der Waals surface area contributed by atoms with Crippen LogP contribution in [0.15, 0.2) is 58.3 Å². The first kappa shape index (κ1) is 39.7. The van der Waals surface area contributed by atoms with Gasteiger partial charge in [-0.15, -0.1) is 0 Å². The van der Waals surface area contributed by atoms with Crippen molar-refractivity contribution in [2.75, 3.05) is 13.2 Å². The van der Waals surface area contributed by atoms with Crippen LogP contribution in [0.4, 0.5) is 4.79 Å². The number of amides is 3. The van der Waals surface area contributed by atoms with Gasteiger partial charge < -0.3 is 10.1 Å². The fourth-order valence-corrected chi connectivity index (χ4v) is 6.04. The van der Waals surface area contributed by atoms with Gasteiger partial charge in [0.15, 0.2) is 0 Å². The molecule has 252 valence electrons. The van der Waals surface area contributed by atoms with Crippen LogP contribution >= 0.6 is 0 Å². The van der Waals surface area contributed by atoms with E-state index in [1.807, 2.05) is 13.8 Å². The molecule has 0 aliphatic carbocycles. The molecule has 1 N–H and O–H groups in total. The van der Waals surface area contributed by atoms with Crippen LogP contribution in [-0.2, 0) is 42.9 Å². The zero-order valence-corrected chi connectivity index (χ0v) is 26.5. The second-order valence-electron chi connectivity index (χ2n) is 11.3. The molecule has 0 unspecified atom stereocenters. The maximum Gasteiger partial charge on any atom is 0.417 e. The predicted octanol–water partition coefficient (Wildman–Crippen LogP) is 4.88. The minimum Gasteiger partial charge on any atom is -0.443 e. The van der Waals surface area contributed by atoms with E-state index in [9.17, 15) is 31.2 Å². The largest absolute Gasteiger partial charge is 0.443 e. The Morgan fingerprint density at radius 2 is 1.27 bits per heavy atom. The molecule has 0 bridgehead atoms. The Morgan fingerprint density at radius 3 is 1.69 bits per heavy atom. The van der Waals surface area contributed by atoms with Crippen LogP contribution < -0.4 is 5.32 Å². The third kappa shape index (κ3) is 11.8. The second-order valence-corrected chi connectivity index (χ2v) is 14.6. The van der Waals surface area contributed by atoms with Gasteiger partial charge in [-0.25, -0.2) is 9.69 Å². The van der Waals surface area contributed by atoms with Crippen molar-refractivity contribution in [3.63, 3.8) is 0 Å². The van der Waals surface area contributed by atoms with Crippen molar-refractivity contribution in [2.24, 2.45) is 0 Å². The molecule has 2 atom stereocenters. The van der Waals surface area contributed by atoms with E-state index in [1.54, 1.807) is 45.0 Å². The molecule has 0 aromatic heterocycles. The minimum atomic E-state index is -3.96. The Hall–Kier alpha value is -3.33. The summed E-state index contributed by atoms with van der Waals surface area (Å²) in [6.07, 6.45) is 0.747. The van der Waals surface area contributed by atoms with Crippen LogP contribution in [0.25, 0.3) is 0 Å². The second kappa shape index (κ2) is 16.3. The maximum atomic E-state index is 12.2. The van der Waals surface area contributed by atoms with Crippen LogP contribution in [0.2, 0.25) is 0 Å². The number of carbonyl (C=O) groups is 3. The molecule has 2 aliphatic rings. The third-order valence-corrected chi connectivity index (χ3v) is 9.05. The van der Waals surface area contributed by atoms with E-state index in [4.69, 9.17) is 13.1 Å². The Bertz CT molecular complexity index is 1520. The summed E-state index contributed by atoms with van der Waals surface area (Å²) in [5, 5.41) is 2.66. The summed E-state index contributed by atoms with van der Waals surface area (Å²) in [5.74, 6) is -0.452. The van der Waals surface area contributed by atoms with Crippen molar-refractivity contribution in [2.45, 2.75) is 103 Å². The summed E-state index contributed by atoms with van der Waals surface area (Å²) in [6, 6.07) is 11.8. The van der Waals surface area contributed by atoms with E-state index in [2.05, 4.69) is 5.32 Å². The lowest BCUT2D eigenvalue weighted by Crippen LogP contribution is -2.44. The van der Waals surface area contributed by atoms with Crippen molar-refractivity contribution in [3.8, 4) is 0 Å². The molecule has 4 rings (SSSR count). The number of aryl methyl sites for hydroxylation is 2. The molecule has 0 spiro atoms. The number of nitrogens with one attached hydrogen (secondary N) is 1. The first-order chi connectivity index (χ1) is 20.0. The number of likely N-dealkylation sites (tertiary alicyclic amines) is 1. The Morgan fingerprint density at radius 1 is 0.800 bits per heavy atom. The van der Waals surface area contributed by atoms with Gasteiger partial charge in [0, 0.05) is 12.8 Å². The number of rotatable bonds is 8. The monoisotopic (exact) mass is 670 g/mol. The molecule has 14 heteroatoms. The lowest BCUT2D eigenvalue weighted by Gasteiger charge is -2.27. The summed E-state index contributed by atoms with van der Waals surface area (Å²) in [6.45, 7) is 8.50. The van der Waals surface area contributed by atoms with E-state index in [0.717, 1.165) is 16.0 Å². The molecule has 2 heterocycles. The van der Waals surface area contributed by atoms with Gasteiger partial charge in [-0.2, -0.15) is 16.8 Å². The minimum absolute atomic E-state index is 0. The molecule has 2 aliphatic heterocycles. The average Bonchev–Trinajstić information content (AvgIpc) is 3.51. The molecule has 2 saturated heterocycles. The standard InChI is InChI=1S/C17H23NO6S.C12H15NO4S.2CH4/c1-12-5-8-14(9-6-12)25(21,22)23-11-13-7-10-15(19)18(13)16(20)24-17(2,3)4;1-9-2-5-11(6-3-9)18(15,16)17-8-10-4-7-12(14)13-10;;/h5-6,8-9,13H,7,10-11H2,1-4H3;2-3,5-6,10H,4,7-8H2,1H3,(H,13,14);2*1H4/t13-;10-;;/m00../s1. The molecule has 2 aromatic carbocycles. The zero-order chi connectivity index (χ0) is 32.0. The molecular formula is C31H46N2O10S2. The number of nitrogens with zero attached hydrogens (tertiary/aromatic N) is 1. The Balaban J connectivity index is 0.000000451. The van der Waals surface area contributed by atoms with Crippen LogP contribution in [0, 0.1) is 13.8 Å². The number of carbonyl (C=O) groups excluding carboxylic acids is 3. The van der Waals surface area contributed by atoms with Crippen LogP contribution in [-0.4, -0.2) is 70.5 Å². The summed E-state index contributed by atoms with van der Waals surface area (Å²) in [7, 11) is -7.69. The predicted molar refractivity (Wildman–Crippen MR) is 169 cm³/mol. The van der Waals surface area contributed by atoms with E-state index < -0.39 is 43.9 Å². The highest BCUT2D eigenvalue weighted by molar-refractivity contribution is 7.87. The van der Waals surface area contributed by atoms with Gasteiger partial charge in [0.1, 0.15) is 5.60 Å². The first-order valence-electron chi connectivity index (χ1n) is 13.7. The number of hydrogen-bond acceptors (Lipinski definition) is 10. The Labute approximate surface area is 267 Å². The van der Waals surface area contributed by atoms with Gasteiger partial charge >= 0.3 is 6.09 Å². The fourth-order valence-electron chi connectivity index (χ4n) is 4.15. The Kier molecular flexibility index (Phi) is 14.4. The fraction of sp³-hybridized carbons (Fsp3) is 0.516. The number of hydrogen-bond donors (Lipinski definition) is 1. The number of benzene rings is 2. The molecule has 0 radical (unpaired) electrons. The molecule has 2 fully saturated rings. The van der Waals surface area contributed by atoms with Crippen molar-refractivity contribution >= 4 is 38.1 Å². The van der Waals surface area contributed by atoms with E-state index in [1.165, 1.54) is 24.3 Å². The molecule has 2 aromatic rings. The SMILES string of the molecule is C.C.Cc1ccc(S(=O)(=O)OC[C@@H]2CCC(=O)N2)cc1.Cc1ccc(S(=O)(=O)OC[C@@H]2CCC(=O)N2C(=O)OC(C)(C)C)cc1. The topological polar surface area (TPSA) is 162 Å².